The van der Waals surface area contributed by atoms with Crippen molar-refractivity contribution in [3.63, 3.8) is 0 Å². The number of halogens is 3. The Morgan fingerprint density at radius 3 is 2.69 bits per heavy atom. The van der Waals surface area contributed by atoms with Gasteiger partial charge in [0.05, 0.1) is 10.2 Å². The summed E-state index contributed by atoms with van der Waals surface area (Å²) in [6, 6.07) is 2.06. The van der Waals surface area contributed by atoms with E-state index in [4.69, 9.17) is 5.73 Å². The first-order chi connectivity index (χ1) is 7.50. The minimum Gasteiger partial charge on any atom is -0.326 e. The summed E-state index contributed by atoms with van der Waals surface area (Å²) in [6.45, 7) is 0.258. The Bertz CT molecular complexity index is 453. The summed E-state index contributed by atoms with van der Waals surface area (Å²) in [4.78, 5) is 12.7. The quantitative estimate of drug-likeness (QED) is 0.802. The second-order valence-electron chi connectivity index (χ2n) is 3.66. The third kappa shape index (κ3) is 1.82. The van der Waals surface area contributed by atoms with Crippen molar-refractivity contribution in [1.29, 1.82) is 0 Å². The Hall–Kier alpha value is -1.01. The number of hydrogen-bond acceptors (Lipinski definition) is 2. The van der Waals surface area contributed by atoms with Crippen LogP contribution in [0.4, 0.5) is 14.5 Å². The largest absolute Gasteiger partial charge is 0.326 e. The molecule has 3 nitrogen and oxygen atoms in total. The van der Waals surface area contributed by atoms with Crippen LogP contribution in [0.1, 0.15) is 6.42 Å². The van der Waals surface area contributed by atoms with Gasteiger partial charge >= 0.3 is 0 Å². The molecule has 1 saturated heterocycles. The highest BCUT2D eigenvalue weighted by Gasteiger charge is 2.30. The topological polar surface area (TPSA) is 46.3 Å². The molecule has 86 valence electrons. The summed E-state index contributed by atoms with van der Waals surface area (Å²) < 4.78 is 26.4. The second kappa shape index (κ2) is 4.10. The fourth-order valence-electron chi connectivity index (χ4n) is 1.69. The Morgan fingerprint density at radius 1 is 1.44 bits per heavy atom. The molecule has 0 aliphatic carbocycles. The maximum absolute atomic E-state index is 13.7. The van der Waals surface area contributed by atoms with Crippen LogP contribution in [0, 0.1) is 11.6 Å². The predicted molar refractivity (Wildman–Crippen MR) is 59.0 cm³/mol. The number of carbonyl (C=O) groups excluding carboxylic acids is 1. The normalized spacial score (nSPS) is 20.6. The van der Waals surface area contributed by atoms with Crippen molar-refractivity contribution in [2.75, 3.05) is 11.4 Å². The summed E-state index contributed by atoms with van der Waals surface area (Å²) in [5.74, 6) is -1.72. The average molecular weight is 291 g/mol. The smallest absolute Gasteiger partial charge is 0.228 e. The number of rotatable bonds is 1. The first-order valence-corrected chi connectivity index (χ1v) is 5.49. The highest BCUT2D eigenvalue weighted by molar-refractivity contribution is 9.10. The first kappa shape index (κ1) is 11.5. The first-order valence-electron chi connectivity index (χ1n) is 4.70. The van der Waals surface area contributed by atoms with Crippen LogP contribution >= 0.6 is 15.9 Å². The number of anilines is 1. The molecule has 16 heavy (non-hydrogen) atoms. The molecule has 6 heteroatoms. The van der Waals surface area contributed by atoms with Crippen molar-refractivity contribution in [1.82, 2.24) is 0 Å². The Kier molecular flexibility index (Phi) is 2.94. The Morgan fingerprint density at radius 2 is 2.12 bits per heavy atom. The molecule has 2 rings (SSSR count). The third-order valence-corrected chi connectivity index (χ3v) is 3.19. The molecular formula is C10H9BrF2N2O. The minimum atomic E-state index is -0.776. The van der Waals surface area contributed by atoms with Gasteiger partial charge in [-0.25, -0.2) is 8.78 Å². The number of nitrogens with two attached hydrogens (primary N) is 1. The zero-order valence-electron chi connectivity index (χ0n) is 8.21. The standard InChI is InChI=1S/C10H9BrF2N2O/c11-9-6(12)1-2-7(10(9)13)15-4-5(14)3-8(15)16/h1-2,5H,3-4,14H2. The van der Waals surface area contributed by atoms with Gasteiger partial charge in [0.1, 0.15) is 5.82 Å². The molecule has 1 heterocycles. The number of hydrogen-bond donors (Lipinski definition) is 1. The van der Waals surface area contributed by atoms with E-state index in [1.54, 1.807) is 0 Å². The van der Waals surface area contributed by atoms with E-state index >= 15 is 0 Å². The lowest BCUT2D eigenvalue weighted by molar-refractivity contribution is -0.117. The van der Waals surface area contributed by atoms with Crippen LogP contribution in [0.15, 0.2) is 16.6 Å². The van der Waals surface area contributed by atoms with Crippen LogP contribution in [-0.2, 0) is 4.79 Å². The van der Waals surface area contributed by atoms with Crippen molar-refractivity contribution in [3.05, 3.63) is 28.2 Å². The molecule has 1 aromatic rings. The fourth-order valence-corrected chi connectivity index (χ4v) is 2.03. The lowest BCUT2D eigenvalue weighted by atomic mass is 10.2. The molecule has 0 aromatic heterocycles. The van der Waals surface area contributed by atoms with E-state index in [0.717, 1.165) is 6.07 Å². The maximum atomic E-state index is 13.7. The van der Waals surface area contributed by atoms with Gasteiger partial charge in [-0.3, -0.25) is 4.79 Å². The molecule has 0 radical (unpaired) electrons. The SMILES string of the molecule is NC1CC(=O)N(c2ccc(F)c(Br)c2F)C1. The fraction of sp³-hybridized carbons (Fsp3) is 0.300. The maximum Gasteiger partial charge on any atom is 0.228 e. The monoisotopic (exact) mass is 290 g/mol. The van der Waals surface area contributed by atoms with Crippen LogP contribution < -0.4 is 10.6 Å². The zero-order valence-corrected chi connectivity index (χ0v) is 9.80. The molecule has 1 atom stereocenters. The highest BCUT2D eigenvalue weighted by atomic mass is 79.9. The number of amides is 1. The molecule has 1 amide bonds. The molecule has 1 aliphatic heterocycles. The van der Waals surface area contributed by atoms with Gasteiger partial charge in [-0.15, -0.1) is 0 Å². The number of carbonyl (C=O) groups is 1. The van der Waals surface area contributed by atoms with Gasteiger partial charge in [-0.05, 0) is 28.1 Å². The minimum absolute atomic E-state index is 0.0613. The van der Waals surface area contributed by atoms with E-state index < -0.39 is 11.6 Å². The molecule has 0 bridgehead atoms. The number of nitrogens with zero attached hydrogens (tertiary/aromatic N) is 1. The lowest BCUT2D eigenvalue weighted by Crippen LogP contribution is -2.28. The van der Waals surface area contributed by atoms with Gasteiger partial charge in [-0.2, -0.15) is 0 Å². The molecule has 1 unspecified atom stereocenters. The predicted octanol–water partition coefficient (Wildman–Crippen LogP) is 1.79. The van der Waals surface area contributed by atoms with Gasteiger partial charge in [0, 0.05) is 19.0 Å². The van der Waals surface area contributed by atoms with Crippen molar-refractivity contribution in [2.24, 2.45) is 5.73 Å². The van der Waals surface area contributed by atoms with Gasteiger partial charge in [-0.1, -0.05) is 0 Å². The second-order valence-corrected chi connectivity index (χ2v) is 4.46. The molecule has 1 aromatic carbocycles. The summed E-state index contributed by atoms with van der Waals surface area (Å²) >= 11 is 2.79. The number of benzene rings is 1. The van der Waals surface area contributed by atoms with E-state index in [-0.39, 0.29) is 35.1 Å². The lowest BCUT2D eigenvalue weighted by Gasteiger charge is -2.17. The van der Waals surface area contributed by atoms with E-state index in [0.29, 0.717) is 0 Å². The molecule has 2 N–H and O–H groups in total. The van der Waals surface area contributed by atoms with Crippen LogP contribution in [0.3, 0.4) is 0 Å². The Labute approximate surface area is 99.3 Å². The summed E-state index contributed by atoms with van der Waals surface area (Å²) in [6.07, 6.45) is 0.189. The Balaban J connectivity index is 2.42. The zero-order chi connectivity index (χ0) is 11.9. The van der Waals surface area contributed by atoms with E-state index in [2.05, 4.69) is 15.9 Å². The van der Waals surface area contributed by atoms with Crippen molar-refractivity contribution in [2.45, 2.75) is 12.5 Å². The van der Waals surface area contributed by atoms with E-state index in [1.165, 1.54) is 11.0 Å². The van der Waals surface area contributed by atoms with Crippen LogP contribution in [0.25, 0.3) is 0 Å². The third-order valence-electron chi connectivity index (χ3n) is 2.46. The van der Waals surface area contributed by atoms with Crippen LogP contribution in [0.5, 0.6) is 0 Å². The summed E-state index contributed by atoms with van der Waals surface area (Å²) in [5, 5.41) is 0. The van der Waals surface area contributed by atoms with Crippen molar-refractivity contribution < 1.29 is 13.6 Å². The molecule has 1 fully saturated rings. The van der Waals surface area contributed by atoms with Gasteiger partial charge in [0.15, 0.2) is 5.82 Å². The van der Waals surface area contributed by atoms with Crippen molar-refractivity contribution >= 4 is 27.5 Å². The van der Waals surface area contributed by atoms with Gasteiger partial charge in [0.25, 0.3) is 0 Å². The van der Waals surface area contributed by atoms with Gasteiger partial charge in [0.2, 0.25) is 5.91 Å². The molecule has 0 spiro atoms. The van der Waals surface area contributed by atoms with E-state index in [1.807, 2.05) is 0 Å². The van der Waals surface area contributed by atoms with E-state index in [9.17, 15) is 13.6 Å². The van der Waals surface area contributed by atoms with Crippen LogP contribution in [0.2, 0.25) is 0 Å². The summed E-state index contributed by atoms with van der Waals surface area (Å²) in [5.41, 5.74) is 5.66. The van der Waals surface area contributed by atoms with Gasteiger partial charge < -0.3 is 10.6 Å². The average Bonchev–Trinajstić information content (AvgIpc) is 2.55. The molecular weight excluding hydrogens is 282 g/mol. The van der Waals surface area contributed by atoms with Crippen LogP contribution in [-0.4, -0.2) is 18.5 Å². The van der Waals surface area contributed by atoms with Crippen molar-refractivity contribution in [3.8, 4) is 0 Å². The molecule has 0 saturated carbocycles. The highest BCUT2D eigenvalue weighted by Crippen LogP contribution is 2.30. The summed E-state index contributed by atoms with van der Waals surface area (Å²) in [7, 11) is 0. The molecule has 1 aliphatic rings.